The van der Waals surface area contributed by atoms with Gasteiger partial charge in [-0.15, -0.1) is 0 Å². The van der Waals surface area contributed by atoms with E-state index in [1.807, 2.05) is 6.07 Å². The summed E-state index contributed by atoms with van der Waals surface area (Å²) in [6.07, 6.45) is 9.83. The molecule has 2 aromatic rings. The fourth-order valence-electron chi connectivity index (χ4n) is 9.32. The smallest absolute Gasteiger partial charge is 0.249 e. The van der Waals surface area contributed by atoms with Gasteiger partial charge in [-0.25, -0.2) is 0 Å². The van der Waals surface area contributed by atoms with Gasteiger partial charge >= 0.3 is 0 Å². The van der Waals surface area contributed by atoms with Crippen LogP contribution in [-0.4, -0.2) is 55.3 Å². The Bertz CT molecular complexity index is 1350. The zero-order valence-corrected chi connectivity index (χ0v) is 22.6. The summed E-state index contributed by atoms with van der Waals surface area (Å²) >= 11 is 0. The molecule has 1 amide bonds. The van der Waals surface area contributed by atoms with Crippen molar-refractivity contribution in [3.63, 3.8) is 0 Å². The molecule has 198 valence electrons. The number of hydrogen-bond donors (Lipinski definition) is 1. The first-order chi connectivity index (χ1) is 18.5. The molecular weight excluding hydrogens is 472 g/mol. The fraction of sp³-hybridized carbons (Fsp3) is 0.545. The Morgan fingerprint density at radius 1 is 1.13 bits per heavy atom. The molecule has 2 heterocycles. The second-order valence-electron chi connectivity index (χ2n) is 12.8. The van der Waals surface area contributed by atoms with Gasteiger partial charge in [-0.1, -0.05) is 48.5 Å². The number of piperidine rings is 1. The quantitative estimate of drug-likeness (QED) is 0.596. The van der Waals surface area contributed by atoms with Gasteiger partial charge in [0.1, 0.15) is 17.5 Å². The first kappa shape index (κ1) is 23.3. The van der Waals surface area contributed by atoms with Gasteiger partial charge in [0.25, 0.3) is 0 Å². The van der Waals surface area contributed by atoms with Crippen LogP contribution in [0.5, 0.6) is 5.75 Å². The van der Waals surface area contributed by atoms with E-state index >= 15 is 0 Å². The average molecular weight is 511 g/mol. The van der Waals surface area contributed by atoms with Crippen molar-refractivity contribution >= 4 is 5.91 Å². The molecule has 0 unspecified atom stereocenters. The Balaban J connectivity index is 1.23. The third-order valence-electron chi connectivity index (χ3n) is 11.2. The Labute approximate surface area is 225 Å². The van der Waals surface area contributed by atoms with Crippen LogP contribution >= 0.6 is 0 Å². The van der Waals surface area contributed by atoms with Gasteiger partial charge in [-0.05, 0) is 81.0 Å². The van der Waals surface area contributed by atoms with E-state index in [0.717, 1.165) is 55.9 Å². The Morgan fingerprint density at radius 3 is 2.76 bits per heavy atom. The van der Waals surface area contributed by atoms with Crippen molar-refractivity contribution in [3.8, 4) is 5.75 Å². The molecule has 0 aromatic heterocycles. The van der Waals surface area contributed by atoms with E-state index in [-0.39, 0.29) is 22.8 Å². The largest absolute Gasteiger partial charge is 0.485 e. The number of benzene rings is 2. The van der Waals surface area contributed by atoms with Crippen LogP contribution in [0.4, 0.5) is 0 Å². The minimum Gasteiger partial charge on any atom is -0.485 e. The molecule has 9 rings (SSSR count). The normalized spacial score (nSPS) is 35.9. The van der Waals surface area contributed by atoms with Crippen molar-refractivity contribution in [2.45, 2.75) is 75.0 Å². The summed E-state index contributed by atoms with van der Waals surface area (Å²) in [6.45, 7) is 5.10. The van der Waals surface area contributed by atoms with E-state index in [9.17, 15) is 4.79 Å². The molecule has 0 radical (unpaired) electrons. The van der Waals surface area contributed by atoms with Gasteiger partial charge in [0.15, 0.2) is 0 Å². The molecule has 38 heavy (non-hydrogen) atoms. The Hall–Kier alpha value is -2.63. The van der Waals surface area contributed by atoms with Crippen molar-refractivity contribution in [3.05, 3.63) is 76.4 Å². The molecule has 2 aliphatic heterocycles. The van der Waals surface area contributed by atoms with Crippen LogP contribution in [0.3, 0.4) is 0 Å². The number of likely N-dealkylation sites (tertiary alicyclic amines) is 1. The zero-order chi connectivity index (χ0) is 25.7. The zero-order valence-electron chi connectivity index (χ0n) is 22.6. The molecule has 2 spiro atoms. The fourth-order valence-corrected chi connectivity index (χ4v) is 9.32. The number of carbonyl (C=O) groups is 1. The molecule has 1 N–H and O–H groups in total. The lowest BCUT2D eigenvalue weighted by atomic mass is 9.37. The van der Waals surface area contributed by atoms with Crippen LogP contribution in [0, 0.1) is 18.3 Å². The van der Waals surface area contributed by atoms with Crippen LogP contribution in [0.1, 0.15) is 54.4 Å². The number of nitrogens with zero attached hydrogens (tertiary/aromatic N) is 1. The third-order valence-corrected chi connectivity index (χ3v) is 11.2. The topological polar surface area (TPSA) is 50.8 Å². The SMILES string of the molecule is CO[C@]12CC[C@@]3(C=C1C(=O)NCCc1ccccc1)[C@H]1Cc4ccc(C)c5c4[C@@]3(CCN1CC1CC1)[C@H]2O5. The first-order valence-electron chi connectivity index (χ1n) is 14.7. The van der Waals surface area contributed by atoms with Crippen molar-refractivity contribution in [1.29, 1.82) is 0 Å². The van der Waals surface area contributed by atoms with Crippen molar-refractivity contribution in [2.75, 3.05) is 26.7 Å². The summed E-state index contributed by atoms with van der Waals surface area (Å²) in [5, 5.41) is 3.27. The highest BCUT2D eigenvalue weighted by Gasteiger charge is 2.79. The van der Waals surface area contributed by atoms with Crippen molar-refractivity contribution in [1.82, 2.24) is 10.2 Å². The number of rotatable bonds is 7. The maximum atomic E-state index is 14.0. The maximum Gasteiger partial charge on any atom is 0.249 e. The lowest BCUT2D eigenvalue weighted by Gasteiger charge is -2.70. The van der Waals surface area contributed by atoms with E-state index < -0.39 is 5.60 Å². The molecule has 5 nitrogen and oxygen atoms in total. The standard InChI is InChI=1S/C33H38N2O3/c1-21-8-11-24-18-26-31-13-14-33(37-2,25(19-31)29(36)34-16-12-22-6-4-3-5-7-22)30-32(31,27(24)28(21)38-30)15-17-35(26)20-23-9-10-23/h3-8,11,19,23,26,30H,9-10,12-18,20H2,1-2H3,(H,34,36)/t26-,30-,31-,32+,33-/m1/s1. The molecule has 5 aliphatic carbocycles. The number of aryl methyl sites for hydroxylation is 1. The minimum atomic E-state index is -0.720. The second kappa shape index (κ2) is 7.95. The van der Waals surface area contributed by atoms with Gasteiger partial charge in [0.05, 0.1) is 5.41 Å². The van der Waals surface area contributed by atoms with Gasteiger partial charge < -0.3 is 14.8 Å². The molecular formula is C33H38N2O3. The Kier molecular flexibility index (Phi) is 4.87. The van der Waals surface area contributed by atoms with Crippen LogP contribution < -0.4 is 10.1 Å². The summed E-state index contributed by atoms with van der Waals surface area (Å²) < 4.78 is 13.5. The van der Waals surface area contributed by atoms with Gasteiger partial charge in [0, 0.05) is 42.8 Å². The van der Waals surface area contributed by atoms with E-state index in [1.54, 1.807) is 7.11 Å². The number of fused-ring (bicyclic) bond motifs is 1. The summed E-state index contributed by atoms with van der Waals surface area (Å²) in [5.41, 5.74) is 5.24. The number of methoxy groups -OCH3 is 1. The second-order valence-corrected chi connectivity index (χ2v) is 12.8. The van der Waals surface area contributed by atoms with E-state index in [1.165, 1.54) is 41.6 Å². The van der Waals surface area contributed by atoms with E-state index in [0.29, 0.717) is 12.6 Å². The molecule has 7 aliphatic rings. The Morgan fingerprint density at radius 2 is 1.97 bits per heavy atom. The number of carbonyl (C=O) groups excluding carboxylic acids is 1. The molecule has 5 atom stereocenters. The van der Waals surface area contributed by atoms with Crippen molar-refractivity contribution in [2.24, 2.45) is 11.3 Å². The van der Waals surface area contributed by atoms with Gasteiger partial charge in [-0.3, -0.25) is 9.69 Å². The third kappa shape index (κ3) is 2.82. The minimum absolute atomic E-state index is 0.0191. The summed E-state index contributed by atoms with van der Waals surface area (Å²) in [7, 11) is 1.79. The molecule has 1 saturated heterocycles. The highest BCUT2D eigenvalue weighted by atomic mass is 16.6. The van der Waals surface area contributed by atoms with E-state index in [2.05, 4.69) is 59.6 Å². The number of amides is 1. The monoisotopic (exact) mass is 510 g/mol. The highest BCUT2D eigenvalue weighted by molar-refractivity contribution is 5.97. The highest BCUT2D eigenvalue weighted by Crippen LogP contribution is 2.74. The summed E-state index contributed by atoms with van der Waals surface area (Å²) in [6, 6.07) is 15.4. The molecule has 5 heteroatoms. The number of hydrogen-bond acceptors (Lipinski definition) is 4. The molecule has 2 aromatic carbocycles. The molecule has 4 bridgehead atoms. The van der Waals surface area contributed by atoms with Crippen LogP contribution in [0.2, 0.25) is 0 Å². The summed E-state index contributed by atoms with van der Waals surface area (Å²) in [5.74, 6) is 1.94. The predicted octanol–water partition coefficient (Wildman–Crippen LogP) is 4.50. The number of ether oxygens (including phenoxy) is 2. The lowest BCUT2D eigenvalue weighted by molar-refractivity contribution is -0.196. The maximum absolute atomic E-state index is 14.0. The van der Waals surface area contributed by atoms with Crippen molar-refractivity contribution < 1.29 is 14.3 Å². The van der Waals surface area contributed by atoms with Crippen LogP contribution in [0.25, 0.3) is 0 Å². The summed E-state index contributed by atoms with van der Waals surface area (Å²) in [4.78, 5) is 16.8. The lowest BCUT2D eigenvalue weighted by Crippen LogP contribution is -2.78. The molecule has 2 saturated carbocycles. The van der Waals surface area contributed by atoms with E-state index in [4.69, 9.17) is 9.47 Å². The number of nitrogens with one attached hydrogen (secondary N) is 1. The predicted molar refractivity (Wildman–Crippen MR) is 146 cm³/mol. The van der Waals surface area contributed by atoms with Crippen LogP contribution in [-0.2, 0) is 27.8 Å². The first-order valence-corrected chi connectivity index (χ1v) is 14.7. The van der Waals surface area contributed by atoms with Gasteiger partial charge in [-0.2, -0.15) is 0 Å². The van der Waals surface area contributed by atoms with Crippen LogP contribution in [0.15, 0.2) is 54.1 Å². The molecule has 3 fully saturated rings. The average Bonchev–Trinajstić information content (AvgIpc) is 3.68. The van der Waals surface area contributed by atoms with Gasteiger partial charge in [0.2, 0.25) is 5.91 Å².